The van der Waals surface area contributed by atoms with Gasteiger partial charge in [0.25, 0.3) is 5.91 Å². The van der Waals surface area contributed by atoms with Crippen molar-refractivity contribution in [3.63, 3.8) is 0 Å². The summed E-state index contributed by atoms with van der Waals surface area (Å²) in [6.07, 6.45) is 2.21. The highest BCUT2D eigenvalue weighted by molar-refractivity contribution is 7.14. The maximum atomic E-state index is 12.2. The molecule has 0 aromatic carbocycles. The van der Waals surface area contributed by atoms with Gasteiger partial charge in [-0.05, 0) is 57.1 Å². The number of carbonyl (C=O) groups excluding carboxylic acids is 1. The van der Waals surface area contributed by atoms with Crippen LogP contribution in [0.2, 0.25) is 0 Å². The minimum Gasteiger partial charge on any atom is -0.347 e. The van der Waals surface area contributed by atoms with E-state index in [1.807, 2.05) is 20.8 Å². The highest BCUT2D eigenvalue weighted by atomic mass is 32.1. The van der Waals surface area contributed by atoms with Gasteiger partial charge in [-0.1, -0.05) is 13.8 Å². The van der Waals surface area contributed by atoms with Crippen LogP contribution in [0.15, 0.2) is 0 Å². The van der Waals surface area contributed by atoms with Crippen LogP contribution in [-0.4, -0.2) is 11.4 Å². The van der Waals surface area contributed by atoms with E-state index in [1.54, 1.807) is 11.3 Å². The Kier molecular flexibility index (Phi) is 3.09. The molecular weight excluding hydrogens is 242 g/mol. The summed E-state index contributed by atoms with van der Waals surface area (Å²) in [5.41, 5.74) is 2.81. The lowest BCUT2D eigenvalue weighted by Gasteiger charge is -2.21. The zero-order valence-corrected chi connectivity index (χ0v) is 13.0. The first-order chi connectivity index (χ1) is 8.09. The standard InChI is InChI=1S/C15H23NOS/c1-9-10-7-15(5,6)8-11(10)18-12(9)13(17)16-14(2,3)4/h7-8H2,1-6H3,(H,16,17). The number of rotatable bonds is 1. The summed E-state index contributed by atoms with van der Waals surface area (Å²) in [7, 11) is 0. The van der Waals surface area contributed by atoms with Crippen LogP contribution in [0, 0.1) is 12.3 Å². The van der Waals surface area contributed by atoms with Crippen LogP contribution < -0.4 is 5.32 Å². The first-order valence-corrected chi connectivity index (χ1v) is 7.34. The number of fused-ring (bicyclic) bond motifs is 1. The molecule has 0 saturated heterocycles. The van der Waals surface area contributed by atoms with Crippen LogP contribution >= 0.6 is 11.3 Å². The lowest BCUT2D eigenvalue weighted by atomic mass is 9.90. The predicted molar refractivity (Wildman–Crippen MR) is 77.5 cm³/mol. The minimum atomic E-state index is -0.169. The van der Waals surface area contributed by atoms with Gasteiger partial charge in [0.15, 0.2) is 0 Å². The fourth-order valence-electron chi connectivity index (χ4n) is 2.57. The van der Waals surface area contributed by atoms with Crippen LogP contribution in [0.25, 0.3) is 0 Å². The van der Waals surface area contributed by atoms with Gasteiger partial charge < -0.3 is 5.32 Å². The lowest BCUT2D eigenvalue weighted by molar-refractivity contribution is 0.0923. The molecule has 3 heteroatoms. The summed E-state index contributed by atoms with van der Waals surface area (Å²) in [6, 6.07) is 0. The summed E-state index contributed by atoms with van der Waals surface area (Å²) in [6.45, 7) is 12.7. The van der Waals surface area contributed by atoms with Crippen LogP contribution in [-0.2, 0) is 12.8 Å². The molecular formula is C15H23NOS. The van der Waals surface area contributed by atoms with Crippen LogP contribution in [0.1, 0.15) is 60.3 Å². The minimum absolute atomic E-state index is 0.0807. The molecule has 0 unspecified atom stereocenters. The van der Waals surface area contributed by atoms with Crippen molar-refractivity contribution in [1.29, 1.82) is 0 Å². The molecule has 1 amide bonds. The fourth-order valence-corrected chi connectivity index (χ4v) is 4.05. The number of carbonyl (C=O) groups is 1. The van der Waals surface area contributed by atoms with Crippen LogP contribution in [0.4, 0.5) is 0 Å². The predicted octanol–water partition coefficient (Wildman–Crippen LogP) is 3.71. The molecule has 0 bridgehead atoms. The maximum absolute atomic E-state index is 12.2. The molecule has 1 heterocycles. The lowest BCUT2D eigenvalue weighted by Crippen LogP contribution is -2.40. The van der Waals surface area contributed by atoms with E-state index in [2.05, 4.69) is 26.1 Å². The van der Waals surface area contributed by atoms with Crippen molar-refractivity contribution in [3.8, 4) is 0 Å². The highest BCUT2D eigenvalue weighted by Crippen LogP contribution is 2.43. The van der Waals surface area contributed by atoms with Gasteiger partial charge in [-0.2, -0.15) is 0 Å². The maximum Gasteiger partial charge on any atom is 0.262 e. The van der Waals surface area contributed by atoms with Crippen LogP contribution in [0.5, 0.6) is 0 Å². The summed E-state index contributed by atoms with van der Waals surface area (Å²) < 4.78 is 0. The van der Waals surface area contributed by atoms with Crippen LogP contribution in [0.3, 0.4) is 0 Å². The number of hydrogen-bond donors (Lipinski definition) is 1. The fraction of sp³-hybridized carbons (Fsp3) is 0.667. The first-order valence-electron chi connectivity index (χ1n) is 6.53. The van der Waals surface area contributed by atoms with Gasteiger partial charge in [0.05, 0.1) is 4.88 Å². The quantitative estimate of drug-likeness (QED) is 0.824. The second-order valence-electron chi connectivity index (χ2n) is 7.18. The number of amides is 1. The topological polar surface area (TPSA) is 29.1 Å². The van der Waals surface area contributed by atoms with Crippen molar-refractivity contribution in [2.45, 2.75) is 59.9 Å². The van der Waals surface area contributed by atoms with Gasteiger partial charge >= 0.3 is 0 Å². The number of thiophene rings is 1. The van der Waals surface area contributed by atoms with Gasteiger partial charge in [-0.3, -0.25) is 4.79 Å². The van der Waals surface area contributed by atoms with E-state index < -0.39 is 0 Å². The van der Waals surface area contributed by atoms with Crippen molar-refractivity contribution >= 4 is 17.2 Å². The van der Waals surface area contributed by atoms with E-state index in [-0.39, 0.29) is 11.4 Å². The van der Waals surface area contributed by atoms with Gasteiger partial charge in [0, 0.05) is 10.4 Å². The van der Waals surface area contributed by atoms with Gasteiger partial charge in [0.2, 0.25) is 0 Å². The Morgan fingerprint density at radius 2 is 1.89 bits per heavy atom. The molecule has 0 spiro atoms. The summed E-state index contributed by atoms with van der Waals surface area (Å²) in [5, 5.41) is 3.06. The van der Waals surface area contributed by atoms with Crippen molar-refractivity contribution in [2.75, 3.05) is 0 Å². The molecule has 0 radical (unpaired) electrons. The van der Waals surface area contributed by atoms with Gasteiger partial charge in [-0.25, -0.2) is 0 Å². The Labute approximate surface area is 114 Å². The molecule has 1 N–H and O–H groups in total. The Morgan fingerprint density at radius 1 is 1.28 bits per heavy atom. The second kappa shape index (κ2) is 4.09. The monoisotopic (exact) mass is 265 g/mol. The highest BCUT2D eigenvalue weighted by Gasteiger charge is 2.34. The third-order valence-corrected chi connectivity index (χ3v) is 4.68. The van der Waals surface area contributed by atoms with E-state index >= 15 is 0 Å². The molecule has 0 saturated carbocycles. The Hall–Kier alpha value is -0.830. The molecule has 1 aliphatic rings. The average Bonchev–Trinajstić information content (AvgIpc) is 2.58. The molecule has 100 valence electrons. The van der Waals surface area contributed by atoms with Crippen molar-refractivity contribution in [2.24, 2.45) is 5.41 Å². The van der Waals surface area contributed by atoms with E-state index in [1.165, 1.54) is 16.0 Å². The molecule has 1 aromatic heterocycles. The zero-order chi connectivity index (χ0) is 13.7. The smallest absolute Gasteiger partial charge is 0.262 e. The third kappa shape index (κ3) is 2.61. The average molecular weight is 265 g/mol. The molecule has 0 fully saturated rings. The second-order valence-corrected chi connectivity index (χ2v) is 8.28. The van der Waals surface area contributed by atoms with Crippen molar-refractivity contribution in [3.05, 3.63) is 20.9 Å². The Balaban J connectivity index is 2.27. The van der Waals surface area contributed by atoms with E-state index in [0.29, 0.717) is 5.41 Å². The first kappa shape index (κ1) is 13.6. The molecule has 1 aliphatic carbocycles. The molecule has 1 aromatic rings. The van der Waals surface area contributed by atoms with Gasteiger partial charge in [0.1, 0.15) is 0 Å². The van der Waals surface area contributed by atoms with Gasteiger partial charge in [-0.15, -0.1) is 11.3 Å². The number of nitrogens with one attached hydrogen (secondary N) is 1. The molecule has 0 aliphatic heterocycles. The zero-order valence-electron chi connectivity index (χ0n) is 12.2. The SMILES string of the molecule is Cc1c(C(=O)NC(C)(C)C)sc2c1CC(C)(C)C2. The van der Waals surface area contributed by atoms with E-state index in [4.69, 9.17) is 0 Å². The Morgan fingerprint density at radius 3 is 2.39 bits per heavy atom. The summed E-state index contributed by atoms with van der Waals surface area (Å²) in [4.78, 5) is 14.6. The molecule has 2 nitrogen and oxygen atoms in total. The normalized spacial score (nSPS) is 17.7. The van der Waals surface area contributed by atoms with Crippen molar-refractivity contribution < 1.29 is 4.79 Å². The summed E-state index contributed by atoms with van der Waals surface area (Å²) in [5.74, 6) is 0.0807. The van der Waals surface area contributed by atoms with E-state index in [9.17, 15) is 4.79 Å². The van der Waals surface area contributed by atoms with Crippen molar-refractivity contribution in [1.82, 2.24) is 5.32 Å². The molecule has 0 atom stereocenters. The largest absolute Gasteiger partial charge is 0.347 e. The van der Waals surface area contributed by atoms with E-state index in [0.717, 1.165) is 17.7 Å². The number of hydrogen-bond acceptors (Lipinski definition) is 2. The summed E-state index contributed by atoms with van der Waals surface area (Å²) >= 11 is 1.69. The molecule has 18 heavy (non-hydrogen) atoms. The molecule has 2 rings (SSSR count). The third-order valence-electron chi connectivity index (χ3n) is 3.34. The Bertz CT molecular complexity index is 491.